The Bertz CT molecular complexity index is 1110. The van der Waals surface area contributed by atoms with Crippen LogP contribution in [0.4, 0.5) is 0 Å². The fraction of sp³-hybridized carbons (Fsp3) is 0.250. The first-order valence-electron chi connectivity index (χ1n) is 10.2. The molecule has 6 nitrogen and oxygen atoms in total. The van der Waals surface area contributed by atoms with Gasteiger partial charge < -0.3 is 19.7 Å². The summed E-state index contributed by atoms with van der Waals surface area (Å²) in [5.74, 6) is 1.19. The number of benzene rings is 3. The lowest BCUT2D eigenvalue weighted by molar-refractivity contribution is 0.0698. The number of piperidine rings is 1. The molecule has 0 aliphatic carbocycles. The number of rotatable bonds is 3. The SMILES string of the molecule is O=C(NC1CCN(C(=O)c2ccc3c(c2)OCO3)CC1)c1cccc2ccccc12. The number of nitrogens with one attached hydrogen (secondary N) is 1. The van der Waals surface area contributed by atoms with E-state index in [-0.39, 0.29) is 24.6 Å². The molecule has 0 spiro atoms. The van der Waals surface area contributed by atoms with E-state index in [0.717, 1.165) is 23.6 Å². The minimum Gasteiger partial charge on any atom is -0.454 e. The fourth-order valence-corrected chi connectivity index (χ4v) is 4.13. The van der Waals surface area contributed by atoms with Crippen molar-refractivity contribution in [3.63, 3.8) is 0 Å². The minimum absolute atomic E-state index is 0.0212. The summed E-state index contributed by atoms with van der Waals surface area (Å²) in [5.41, 5.74) is 1.28. The van der Waals surface area contributed by atoms with Crippen molar-refractivity contribution in [1.82, 2.24) is 10.2 Å². The van der Waals surface area contributed by atoms with Crippen molar-refractivity contribution in [3.05, 3.63) is 71.8 Å². The molecule has 30 heavy (non-hydrogen) atoms. The van der Waals surface area contributed by atoms with Crippen molar-refractivity contribution in [2.75, 3.05) is 19.9 Å². The van der Waals surface area contributed by atoms with Crippen LogP contribution >= 0.6 is 0 Å². The van der Waals surface area contributed by atoms with Crippen molar-refractivity contribution in [2.24, 2.45) is 0 Å². The molecule has 2 heterocycles. The third-order valence-corrected chi connectivity index (χ3v) is 5.77. The van der Waals surface area contributed by atoms with Gasteiger partial charge in [-0.1, -0.05) is 36.4 Å². The van der Waals surface area contributed by atoms with E-state index in [1.165, 1.54) is 0 Å². The number of nitrogens with zero attached hydrogens (tertiary/aromatic N) is 1. The molecular formula is C24H22N2O4. The average Bonchev–Trinajstić information content (AvgIpc) is 3.26. The highest BCUT2D eigenvalue weighted by atomic mass is 16.7. The van der Waals surface area contributed by atoms with Gasteiger partial charge in [0.2, 0.25) is 6.79 Å². The van der Waals surface area contributed by atoms with Crippen LogP contribution < -0.4 is 14.8 Å². The van der Waals surface area contributed by atoms with E-state index in [0.29, 0.717) is 35.7 Å². The van der Waals surface area contributed by atoms with E-state index in [1.807, 2.05) is 47.4 Å². The third kappa shape index (κ3) is 3.45. The van der Waals surface area contributed by atoms with E-state index >= 15 is 0 Å². The number of fused-ring (bicyclic) bond motifs is 2. The van der Waals surface area contributed by atoms with Crippen molar-refractivity contribution in [2.45, 2.75) is 18.9 Å². The summed E-state index contributed by atoms with van der Waals surface area (Å²) < 4.78 is 10.7. The molecule has 5 rings (SSSR count). The molecule has 1 N–H and O–H groups in total. The number of ether oxygens (including phenoxy) is 2. The van der Waals surface area contributed by atoms with E-state index in [2.05, 4.69) is 5.32 Å². The zero-order valence-corrected chi connectivity index (χ0v) is 16.5. The summed E-state index contributed by atoms with van der Waals surface area (Å²) in [4.78, 5) is 27.5. The summed E-state index contributed by atoms with van der Waals surface area (Å²) >= 11 is 0. The van der Waals surface area contributed by atoms with Crippen LogP contribution in [-0.2, 0) is 0 Å². The van der Waals surface area contributed by atoms with Crippen molar-refractivity contribution < 1.29 is 19.1 Å². The molecule has 2 amide bonds. The number of hydrogen-bond acceptors (Lipinski definition) is 4. The van der Waals surface area contributed by atoms with Gasteiger partial charge in [0.15, 0.2) is 11.5 Å². The van der Waals surface area contributed by atoms with Crippen molar-refractivity contribution >= 4 is 22.6 Å². The maximum absolute atomic E-state index is 12.9. The van der Waals surface area contributed by atoms with Crippen LogP contribution in [0.3, 0.4) is 0 Å². The maximum Gasteiger partial charge on any atom is 0.253 e. The molecule has 0 aromatic heterocycles. The summed E-state index contributed by atoms with van der Waals surface area (Å²) in [5, 5.41) is 5.15. The predicted octanol–water partition coefficient (Wildman–Crippen LogP) is 3.60. The smallest absolute Gasteiger partial charge is 0.253 e. The first-order valence-corrected chi connectivity index (χ1v) is 10.2. The fourth-order valence-electron chi connectivity index (χ4n) is 4.13. The lowest BCUT2D eigenvalue weighted by atomic mass is 10.0. The van der Waals surface area contributed by atoms with E-state index < -0.39 is 0 Å². The van der Waals surface area contributed by atoms with Crippen LogP contribution in [0.25, 0.3) is 10.8 Å². The molecule has 3 aromatic rings. The van der Waals surface area contributed by atoms with Crippen LogP contribution in [-0.4, -0.2) is 42.6 Å². The summed E-state index contributed by atoms with van der Waals surface area (Å²) in [6, 6.07) is 19.0. The second kappa shape index (κ2) is 7.71. The van der Waals surface area contributed by atoms with Gasteiger partial charge in [-0.25, -0.2) is 0 Å². The quantitative estimate of drug-likeness (QED) is 0.727. The van der Waals surface area contributed by atoms with Crippen LogP contribution in [0.15, 0.2) is 60.7 Å². The molecule has 2 aliphatic rings. The topological polar surface area (TPSA) is 67.9 Å². The van der Waals surface area contributed by atoms with Gasteiger partial charge in [-0.05, 0) is 47.9 Å². The zero-order valence-electron chi connectivity index (χ0n) is 16.5. The second-order valence-electron chi connectivity index (χ2n) is 7.63. The number of carbonyl (C=O) groups is 2. The molecule has 1 saturated heterocycles. The standard InChI is InChI=1S/C24H22N2O4/c27-23(20-7-3-5-16-4-1-2-6-19(16)20)25-18-10-12-26(13-11-18)24(28)17-8-9-21-22(14-17)30-15-29-21/h1-9,14,18H,10-13,15H2,(H,25,27). The molecule has 0 radical (unpaired) electrons. The highest BCUT2D eigenvalue weighted by Crippen LogP contribution is 2.33. The first kappa shape index (κ1) is 18.5. The Kier molecular flexibility index (Phi) is 4.75. The van der Waals surface area contributed by atoms with E-state index in [1.54, 1.807) is 18.2 Å². The summed E-state index contributed by atoms with van der Waals surface area (Å²) in [6.45, 7) is 1.40. The van der Waals surface area contributed by atoms with Gasteiger partial charge in [0.25, 0.3) is 11.8 Å². The molecule has 0 atom stereocenters. The lowest BCUT2D eigenvalue weighted by Gasteiger charge is -2.32. The maximum atomic E-state index is 12.9. The molecule has 152 valence electrons. The summed E-state index contributed by atoms with van der Waals surface area (Å²) in [6.07, 6.45) is 1.46. The van der Waals surface area contributed by atoms with Gasteiger partial charge in [0.05, 0.1) is 0 Å². The minimum atomic E-state index is -0.0626. The molecular weight excluding hydrogens is 380 g/mol. The van der Waals surface area contributed by atoms with E-state index in [9.17, 15) is 9.59 Å². The number of hydrogen-bond donors (Lipinski definition) is 1. The molecule has 3 aromatic carbocycles. The Hall–Kier alpha value is -3.54. The van der Waals surface area contributed by atoms with Gasteiger partial charge in [0.1, 0.15) is 0 Å². The number of carbonyl (C=O) groups excluding carboxylic acids is 2. The first-order chi connectivity index (χ1) is 14.7. The molecule has 0 bridgehead atoms. The van der Waals surface area contributed by atoms with Crippen LogP contribution in [0.2, 0.25) is 0 Å². The Morgan fingerprint density at radius 3 is 2.53 bits per heavy atom. The van der Waals surface area contributed by atoms with E-state index in [4.69, 9.17) is 9.47 Å². The molecule has 2 aliphatic heterocycles. The number of amides is 2. The van der Waals surface area contributed by atoms with Crippen molar-refractivity contribution in [1.29, 1.82) is 0 Å². The normalized spacial score (nSPS) is 15.9. The monoisotopic (exact) mass is 402 g/mol. The van der Waals surface area contributed by atoms with Gasteiger partial charge in [-0.2, -0.15) is 0 Å². The van der Waals surface area contributed by atoms with Gasteiger partial charge in [0, 0.05) is 30.3 Å². The van der Waals surface area contributed by atoms with Gasteiger partial charge >= 0.3 is 0 Å². The third-order valence-electron chi connectivity index (χ3n) is 5.77. The van der Waals surface area contributed by atoms with Crippen molar-refractivity contribution in [3.8, 4) is 11.5 Å². The van der Waals surface area contributed by atoms with Gasteiger partial charge in [-0.3, -0.25) is 9.59 Å². The average molecular weight is 402 g/mol. The second-order valence-corrected chi connectivity index (χ2v) is 7.63. The van der Waals surface area contributed by atoms with Crippen LogP contribution in [0.5, 0.6) is 11.5 Å². The highest BCUT2D eigenvalue weighted by molar-refractivity contribution is 6.07. The van der Waals surface area contributed by atoms with Crippen LogP contribution in [0, 0.1) is 0 Å². The molecule has 0 unspecified atom stereocenters. The Labute approximate surface area is 174 Å². The summed E-state index contributed by atoms with van der Waals surface area (Å²) in [7, 11) is 0. The molecule has 6 heteroatoms. The number of likely N-dealkylation sites (tertiary alicyclic amines) is 1. The van der Waals surface area contributed by atoms with Crippen LogP contribution in [0.1, 0.15) is 33.6 Å². The predicted molar refractivity (Wildman–Crippen MR) is 113 cm³/mol. The molecule has 1 fully saturated rings. The largest absolute Gasteiger partial charge is 0.454 e. The Morgan fingerprint density at radius 1 is 0.900 bits per heavy atom. The van der Waals surface area contributed by atoms with Gasteiger partial charge in [-0.15, -0.1) is 0 Å². The zero-order chi connectivity index (χ0) is 20.5. The molecule has 0 saturated carbocycles. The Balaban J connectivity index is 1.22. The highest BCUT2D eigenvalue weighted by Gasteiger charge is 2.26. The lowest BCUT2D eigenvalue weighted by Crippen LogP contribution is -2.46. The Morgan fingerprint density at radius 2 is 1.67 bits per heavy atom.